The van der Waals surface area contributed by atoms with E-state index in [4.69, 9.17) is 9.47 Å². The quantitative estimate of drug-likeness (QED) is 0.286. The van der Waals surface area contributed by atoms with Crippen molar-refractivity contribution in [2.24, 2.45) is 11.8 Å². The minimum Gasteiger partial charge on any atom is -0.465 e. The number of likely N-dealkylation sites (tertiary alicyclic amines) is 1. The molecule has 4 heterocycles. The molecule has 222 valence electrons. The van der Waals surface area contributed by atoms with Crippen molar-refractivity contribution in [3.63, 3.8) is 0 Å². The van der Waals surface area contributed by atoms with Crippen LogP contribution >= 0.6 is 0 Å². The summed E-state index contributed by atoms with van der Waals surface area (Å²) in [6.45, 7) is 7.13. The highest BCUT2D eigenvalue weighted by Gasteiger charge is 2.75. The molecule has 5 rings (SSSR count). The smallest absolute Gasteiger partial charge is 0.313 e. The van der Waals surface area contributed by atoms with E-state index in [-0.39, 0.29) is 18.4 Å². The van der Waals surface area contributed by atoms with Crippen molar-refractivity contribution in [2.45, 2.75) is 89.4 Å². The van der Waals surface area contributed by atoms with Crippen molar-refractivity contribution in [2.75, 3.05) is 31.2 Å². The van der Waals surface area contributed by atoms with Gasteiger partial charge in [0.2, 0.25) is 5.91 Å². The Morgan fingerprint density at radius 1 is 0.951 bits per heavy atom. The van der Waals surface area contributed by atoms with Crippen LogP contribution in [0, 0.1) is 25.7 Å². The molecule has 0 aliphatic carbocycles. The number of para-hydroxylation sites is 1. The molecule has 0 aromatic heterocycles. The fourth-order valence-electron chi connectivity index (χ4n) is 7.46. The first kappa shape index (κ1) is 29.5. The maximum atomic E-state index is 14.7. The van der Waals surface area contributed by atoms with Gasteiger partial charge in [-0.2, -0.15) is 0 Å². The second kappa shape index (κ2) is 12.1. The van der Waals surface area contributed by atoms with E-state index in [0.29, 0.717) is 39.0 Å². The standard InChI is InChI=1S/C33H44N2O6/c1-4-32-17-9-5-8-12-22-40-31(39)26(32)25-29(37)35(19-10-6-7-11-21-36)28-30(38)34(20-14-18-33(25,28)41-32)27-23(2)15-13-16-24(27)3/h9,13-18,25-26,28,36H,4-8,10-12,19-22H2,1-3H3/b17-9-/t25-,26+,28?,32-,33-/m0/s1. The number of aliphatic hydroxyl groups excluding tert-OH is 1. The number of hydrogen-bond acceptors (Lipinski definition) is 6. The Bertz CT molecular complexity index is 1210. The maximum Gasteiger partial charge on any atom is 0.313 e. The van der Waals surface area contributed by atoms with Gasteiger partial charge >= 0.3 is 5.97 Å². The Labute approximate surface area is 243 Å². The Morgan fingerprint density at radius 2 is 1.71 bits per heavy atom. The second-order valence-electron chi connectivity index (χ2n) is 11.9. The molecule has 2 fully saturated rings. The number of rotatable bonds is 8. The van der Waals surface area contributed by atoms with Gasteiger partial charge in [-0.3, -0.25) is 14.4 Å². The number of hydrogen-bond donors (Lipinski definition) is 1. The van der Waals surface area contributed by atoms with Gasteiger partial charge < -0.3 is 24.4 Å². The molecule has 1 N–H and O–H groups in total. The summed E-state index contributed by atoms with van der Waals surface area (Å²) in [6, 6.07) is 5.06. The average molecular weight is 565 g/mol. The minimum absolute atomic E-state index is 0.134. The Hall–Kier alpha value is -2.97. The third-order valence-electron chi connectivity index (χ3n) is 9.40. The lowest BCUT2D eigenvalue weighted by Crippen LogP contribution is -2.56. The number of benzene rings is 1. The van der Waals surface area contributed by atoms with Crippen LogP contribution in [0.1, 0.15) is 69.4 Å². The van der Waals surface area contributed by atoms with Crippen LogP contribution < -0.4 is 4.90 Å². The van der Waals surface area contributed by atoms with Gasteiger partial charge in [0.15, 0.2) is 0 Å². The number of unbranched alkanes of at least 4 members (excludes halogenated alkanes) is 3. The summed E-state index contributed by atoms with van der Waals surface area (Å²) in [6.07, 6.45) is 13.9. The van der Waals surface area contributed by atoms with Crippen LogP contribution in [0.15, 0.2) is 42.5 Å². The number of carbonyl (C=O) groups is 3. The van der Waals surface area contributed by atoms with Gasteiger partial charge in [-0.15, -0.1) is 0 Å². The van der Waals surface area contributed by atoms with Crippen molar-refractivity contribution in [3.8, 4) is 0 Å². The lowest BCUT2D eigenvalue weighted by molar-refractivity contribution is -0.160. The van der Waals surface area contributed by atoms with Crippen LogP contribution in [0.5, 0.6) is 0 Å². The lowest BCUT2D eigenvalue weighted by atomic mass is 9.73. The van der Waals surface area contributed by atoms with Gasteiger partial charge in [0.1, 0.15) is 23.2 Å². The molecule has 1 spiro atoms. The van der Waals surface area contributed by atoms with Crippen LogP contribution in [-0.2, 0) is 23.9 Å². The largest absolute Gasteiger partial charge is 0.465 e. The van der Waals surface area contributed by atoms with Crippen molar-refractivity contribution in [3.05, 3.63) is 53.6 Å². The SMILES string of the molecule is CC[C@]12/C=C\CCCCOC(=O)[C@H]1[C@H]1C(=O)N(CCCCCCO)C3C(=O)N(c4c(C)cccc4C)CC=C[C@@]31O2. The molecule has 41 heavy (non-hydrogen) atoms. The zero-order chi connectivity index (χ0) is 29.2. The first-order valence-electron chi connectivity index (χ1n) is 15.3. The summed E-state index contributed by atoms with van der Waals surface area (Å²) in [5, 5.41) is 9.20. The van der Waals surface area contributed by atoms with Crippen LogP contribution in [0.4, 0.5) is 5.69 Å². The van der Waals surface area contributed by atoms with E-state index in [2.05, 4.69) is 6.08 Å². The number of ether oxygens (including phenoxy) is 2. The molecule has 8 nitrogen and oxygen atoms in total. The van der Waals surface area contributed by atoms with Crippen LogP contribution in [0.25, 0.3) is 0 Å². The van der Waals surface area contributed by atoms with Gasteiger partial charge in [-0.1, -0.05) is 62.3 Å². The zero-order valence-corrected chi connectivity index (χ0v) is 24.6. The molecule has 4 aliphatic heterocycles. The first-order chi connectivity index (χ1) is 19.8. The molecule has 2 amide bonds. The summed E-state index contributed by atoms with van der Waals surface area (Å²) in [5.41, 5.74) is 0.482. The molecule has 0 radical (unpaired) electrons. The Morgan fingerprint density at radius 3 is 2.44 bits per heavy atom. The van der Waals surface area contributed by atoms with Crippen LogP contribution in [-0.4, -0.2) is 71.3 Å². The summed E-state index contributed by atoms with van der Waals surface area (Å²) >= 11 is 0. The monoisotopic (exact) mass is 564 g/mol. The van der Waals surface area contributed by atoms with Crippen LogP contribution in [0.2, 0.25) is 0 Å². The van der Waals surface area contributed by atoms with Gasteiger partial charge in [0.05, 0.1) is 12.5 Å². The highest BCUT2D eigenvalue weighted by Crippen LogP contribution is 2.58. The summed E-state index contributed by atoms with van der Waals surface area (Å²) < 4.78 is 12.8. The molecular formula is C33H44N2O6. The third kappa shape index (κ3) is 5.03. The van der Waals surface area contributed by atoms with Gasteiger partial charge in [-0.05, 0) is 63.5 Å². The number of nitrogens with zero attached hydrogens (tertiary/aromatic N) is 2. The molecule has 2 saturated heterocycles. The number of aliphatic hydroxyl groups is 1. The summed E-state index contributed by atoms with van der Waals surface area (Å²) in [7, 11) is 0. The Balaban J connectivity index is 1.62. The molecular weight excluding hydrogens is 520 g/mol. The molecule has 1 aromatic rings. The highest BCUT2D eigenvalue weighted by molar-refractivity contribution is 6.06. The molecule has 0 bridgehead atoms. The van der Waals surface area contributed by atoms with E-state index in [1.807, 2.05) is 57.2 Å². The van der Waals surface area contributed by atoms with Gasteiger partial charge in [0.25, 0.3) is 5.91 Å². The number of aryl methyl sites for hydroxylation is 2. The first-order valence-corrected chi connectivity index (χ1v) is 15.3. The average Bonchev–Trinajstić information content (AvgIpc) is 3.31. The topological polar surface area (TPSA) is 96.4 Å². The molecule has 4 aliphatic rings. The predicted octanol–water partition coefficient (Wildman–Crippen LogP) is 4.40. The van der Waals surface area contributed by atoms with Crippen molar-refractivity contribution < 1.29 is 29.0 Å². The van der Waals surface area contributed by atoms with E-state index >= 15 is 0 Å². The van der Waals surface area contributed by atoms with Crippen LogP contribution in [0.3, 0.4) is 0 Å². The maximum absolute atomic E-state index is 14.7. The van der Waals surface area contributed by atoms with E-state index in [1.54, 1.807) is 9.80 Å². The predicted molar refractivity (Wildman–Crippen MR) is 156 cm³/mol. The van der Waals surface area contributed by atoms with E-state index < -0.39 is 35.0 Å². The van der Waals surface area contributed by atoms with E-state index in [9.17, 15) is 19.5 Å². The van der Waals surface area contributed by atoms with E-state index in [1.165, 1.54) is 0 Å². The van der Waals surface area contributed by atoms with Gasteiger partial charge in [0, 0.05) is 25.4 Å². The summed E-state index contributed by atoms with van der Waals surface area (Å²) in [5.74, 6) is -2.54. The number of esters is 1. The number of amides is 2. The third-order valence-corrected chi connectivity index (χ3v) is 9.40. The number of carbonyl (C=O) groups excluding carboxylic acids is 3. The zero-order valence-electron chi connectivity index (χ0n) is 24.6. The minimum atomic E-state index is -1.29. The summed E-state index contributed by atoms with van der Waals surface area (Å²) in [4.78, 5) is 46.4. The number of anilines is 1. The van der Waals surface area contributed by atoms with Crippen molar-refractivity contribution >= 4 is 23.5 Å². The molecule has 8 heteroatoms. The molecule has 1 aromatic carbocycles. The number of fused-ring (bicyclic) bond motifs is 2. The van der Waals surface area contributed by atoms with Gasteiger partial charge in [-0.25, -0.2) is 0 Å². The van der Waals surface area contributed by atoms with E-state index in [0.717, 1.165) is 48.9 Å². The normalized spacial score (nSPS) is 32.3. The van der Waals surface area contributed by atoms with Crippen molar-refractivity contribution in [1.29, 1.82) is 0 Å². The molecule has 1 unspecified atom stereocenters. The fourth-order valence-corrected chi connectivity index (χ4v) is 7.46. The Kier molecular flexibility index (Phi) is 8.71. The number of cyclic esters (lactones) is 1. The second-order valence-corrected chi connectivity index (χ2v) is 11.9. The highest BCUT2D eigenvalue weighted by atomic mass is 16.6. The number of allylic oxidation sites excluding steroid dienone is 1. The fraction of sp³-hybridized carbons (Fsp3) is 0.606. The molecule has 5 atom stereocenters. The molecule has 0 saturated carbocycles. The van der Waals surface area contributed by atoms with Crippen molar-refractivity contribution in [1.82, 2.24) is 4.90 Å². The lowest BCUT2D eigenvalue weighted by Gasteiger charge is -2.39.